The van der Waals surface area contributed by atoms with E-state index in [9.17, 15) is 9.59 Å². The van der Waals surface area contributed by atoms with Crippen LogP contribution in [0, 0.1) is 5.92 Å². The highest BCUT2D eigenvalue weighted by Crippen LogP contribution is 2.35. The highest BCUT2D eigenvalue weighted by molar-refractivity contribution is 5.96. The van der Waals surface area contributed by atoms with Crippen LogP contribution in [0.15, 0.2) is 42.6 Å². The fourth-order valence-electron chi connectivity index (χ4n) is 4.95. The van der Waals surface area contributed by atoms with Crippen molar-refractivity contribution in [2.24, 2.45) is 5.92 Å². The SMILES string of the molecule is COc1ccc2nccc(N3CCC(CNC(=O)[C@@H]4CN(c5ccc6c(c5)OCCO6)C(=O)O4)C3)c2n1. The molecule has 3 aliphatic heterocycles. The van der Waals surface area contributed by atoms with Crippen molar-refractivity contribution in [3.05, 3.63) is 42.6 Å². The molecule has 1 unspecified atom stereocenters. The van der Waals surface area contributed by atoms with Crippen LogP contribution in [0.4, 0.5) is 16.2 Å². The topological polar surface area (TPSA) is 115 Å². The molecule has 11 nitrogen and oxygen atoms in total. The van der Waals surface area contributed by atoms with E-state index in [0.29, 0.717) is 42.8 Å². The molecule has 37 heavy (non-hydrogen) atoms. The molecular formula is C26H27N5O6. The van der Waals surface area contributed by atoms with Gasteiger partial charge < -0.3 is 29.2 Å². The molecule has 0 saturated carbocycles. The van der Waals surface area contributed by atoms with Crippen LogP contribution in [0.25, 0.3) is 11.0 Å². The number of cyclic esters (lactones) is 1. The summed E-state index contributed by atoms with van der Waals surface area (Å²) in [7, 11) is 1.59. The maximum atomic E-state index is 12.8. The Morgan fingerprint density at radius 3 is 2.86 bits per heavy atom. The molecule has 0 aliphatic carbocycles. The van der Waals surface area contributed by atoms with Crippen molar-refractivity contribution in [3.8, 4) is 17.4 Å². The third-order valence-electron chi connectivity index (χ3n) is 6.88. The van der Waals surface area contributed by atoms with Crippen molar-refractivity contribution in [3.63, 3.8) is 0 Å². The van der Waals surface area contributed by atoms with Gasteiger partial charge in [-0.1, -0.05) is 0 Å². The molecule has 3 aromatic rings. The third kappa shape index (κ3) is 4.52. The molecule has 2 fully saturated rings. The summed E-state index contributed by atoms with van der Waals surface area (Å²) < 4.78 is 21.8. The van der Waals surface area contributed by atoms with Crippen molar-refractivity contribution in [1.82, 2.24) is 15.3 Å². The molecule has 0 bridgehead atoms. The average molecular weight is 506 g/mol. The number of ether oxygens (including phenoxy) is 4. The first-order valence-corrected chi connectivity index (χ1v) is 12.3. The second kappa shape index (κ2) is 9.64. The summed E-state index contributed by atoms with van der Waals surface area (Å²) in [6, 6.07) is 10.9. The molecule has 3 aliphatic rings. The summed E-state index contributed by atoms with van der Waals surface area (Å²) in [5, 5.41) is 2.97. The molecular weight excluding hydrogens is 478 g/mol. The van der Waals surface area contributed by atoms with E-state index >= 15 is 0 Å². The molecule has 1 N–H and O–H groups in total. The van der Waals surface area contributed by atoms with Gasteiger partial charge in [-0.05, 0) is 36.6 Å². The van der Waals surface area contributed by atoms with Crippen LogP contribution in [0.1, 0.15) is 6.42 Å². The average Bonchev–Trinajstić information content (AvgIpc) is 3.57. The number of fused-ring (bicyclic) bond motifs is 2. The number of carbonyl (C=O) groups is 2. The minimum absolute atomic E-state index is 0.137. The molecule has 11 heteroatoms. The Hall–Kier alpha value is -4.28. The lowest BCUT2D eigenvalue weighted by atomic mass is 10.1. The van der Waals surface area contributed by atoms with Gasteiger partial charge in [0.1, 0.15) is 18.7 Å². The maximum absolute atomic E-state index is 12.8. The lowest BCUT2D eigenvalue weighted by molar-refractivity contribution is -0.127. The van der Waals surface area contributed by atoms with Crippen molar-refractivity contribution < 1.29 is 28.5 Å². The number of amides is 2. The summed E-state index contributed by atoms with van der Waals surface area (Å²) in [5.74, 6) is 1.71. The Bertz CT molecular complexity index is 1350. The van der Waals surface area contributed by atoms with E-state index in [2.05, 4.69) is 20.2 Å². The summed E-state index contributed by atoms with van der Waals surface area (Å²) >= 11 is 0. The summed E-state index contributed by atoms with van der Waals surface area (Å²) in [4.78, 5) is 38.0. The first kappa shape index (κ1) is 23.1. The fraction of sp³-hybridized carbons (Fsp3) is 0.385. The van der Waals surface area contributed by atoms with Crippen LogP contribution >= 0.6 is 0 Å². The van der Waals surface area contributed by atoms with Crippen molar-refractivity contribution >= 4 is 34.4 Å². The molecule has 5 heterocycles. The normalized spacial score (nSPS) is 20.7. The predicted octanol–water partition coefficient (Wildman–Crippen LogP) is 2.38. The van der Waals surface area contributed by atoms with Crippen molar-refractivity contribution in [1.29, 1.82) is 0 Å². The van der Waals surface area contributed by atoms with Crippen LogP contribution in [0.2, 0.25) is 0 Å². The number of nitrogens with zero attached hydrogens (tertiary/aromatic N) is 4. The van der Waals surface area contributed by atoms with Gasteiger partial charge in [0.25, 0.3) is 5.91 Å². The number of methoxy groups -OCH3 is 1. The zero-order chi connectivity index (χ0) is 25.4. The van der Waals surface area contributed by atoms with Gasteiger partial charge in [0.05, 0.1) is 30.5 Å². The van der Waals surface area contributed by atoms with E-state index < -0.39 is 12.2 Å². The number of anilines is 2. The quantitative estimate of drug-likeness (QED) is 0.539. The molecule has 2 amide bonds. The summed E-state index contributed by atoms with van der Waals surface area (Å²) in [6.07, 6.45) is 1.26. The van der Waals surface area contributed by atoms with Crippen LogP contribution in [0.3, 0.4) is 0 Å². The van der Waals surface area contributed by atoms with Crippen LogP contribution in [-0.2, 0) is 9.53 Å². The fourth-order valence-corrected chi connectivity index (χ4v) is 4.95. The molecule has 0 radical (unpaired) electrons. The van der Waals surface area contributed by atoms with Gasteiger partial charge in [0.15, 0.2) is 17.6 Å². The molecule has 1 aromatic carbocycles. The van der Waals surface area contributed by atoms with Crippen LogP contribution < -0.4 is 29.3 Å². The summed E-state index contributed by atoms with van der Waals surface area (Å²) in [6.45, 7) is 3.18. The van der Waals surface area contributed by atoms with Crippen molar-refractivity contribution in [2.75, 3.05) is 56.3 Å². The highest BCUT2D eigenvalue weighted by atomic mass is 16.6. The number of nitrogens with one attached hydrogen (secondary N) is 1. The third-order valence-corrected chi connectivity index (χ3v) is 6.88. The number of hydrogen-bond acceptors (Lipinski definition) is 9. The molecule has 0 spiro atoms. The Morgan fingerprint density at radius 1 is 1.14 bits per heavy atom. The van der Waals surface area contributed by atoms with E-state index in [1.807, 2.05) is 12.1 Å². The highest BCUT2D eigenvalue weighted by Gasteiger charge is 2.38. The molecule has 2 aromatic heterocycles. The van der Waals surface area contributed by atoms with Gasteiger partial charge in [-0.3, -0.25) is 14.7 Å². The van der Waals surface area contributed by atoms with Crippen LogP contribution in [-0.4, -0.2) is 74.6 Å². The number of hydrogen-bond donors (Lipinski definition) is 1. The number of carbonyl (C=O) groups excluding carboxylic acids is 2. The Labute approximate surface area is 213 Å². The van der Waals surface area contributed by atoms with E-state index in [-0.39, 0.29) is 18.4 Å². The number of aromatic nitrogens is 2. The maximum Gasteiger partial charge on any atom is 0.415 e. The van der Waals surface area contributed by atoms with Gasteiger partial charge in [-0.25, -0.2) is 9.78 Å². The number of benzene rings is 1. The lowest BCUT2D eigenvalue weighted by Crippen LogP contribution is -2.40. The smallest absolute Gasteiger partial charge is 0.415 e. The molecule has 6 rings (SSSR count). The van der Waals surface area contributed by atoms with E-state index in [1.54, 1.807) is 37.6 Å². The minimum Gasteiger partial charge on any atom is -0.486 e. The van der Waals surface area contributed by atoms with Gasteiger partial charge in [-0.15, -0.1) is 0 Å². The van der Waals surface area contributed by atoms with Gasteiger partial charge in [-0.2, -0.15) is 0 Å². The zero-order valence-electron chi connectivity index (χ0n) is 20.4. The largest absolute Gasteiger partial charge is 0.486 e. The van der Waals surface area contributed by atoms with E-state index in [1.165, 1.54) is 4.90 Å². The summed E-state index contributed by atoms with van der Waals surface area (Å²) in [5.41, 5.74) is 3.20. The Morgan fingerprint density at radius 2 is 2.00 bits per heavy atom. The van der Waals surface area contributed by atoms with Gasteiger partial charge in [0.2, 0.25) is 5.88 Å². The van der Waals surface area contributed by atoms with E-state index in [0.717, 1.165) is 36.2 Å². The monoisotopic (exact) mass is 505 g/mol. The minimum atomic E-state index is -0.876. The Kier molecular flexibility index (Phi) is 6.03. The second-order valence-electron chi connectivity index (χ2n) is 9.21. The zero-order valence-corrected chi connectivity index (χ0v) is 20.4. The van der Waals surface area contributed by atoms with Crippen molar-refractivity contribution in [2.45, 2.75) is 12.5 Å². The van der Waals surface area contributed by atoms with Gasteiger partial charge in [0, 0.05) is 38.0 Å². The second-order valence-corrected chi connectivity index (χ2v) is 9.21. The predicted molar refractivity (Wildman–Crippen MR) is 134 cm³/mol. The standard InChI is InChI=1S/C26H27N5O6/c1-34-23-5-3-18-24(29-23)19(6-8-27-18)30-9-7-16(14-30)13-28-25(32)22-15-31(26(33)37-22)17-2-4-20-21(12-17)36-11-10-35-20/h2-6,8,12,16,22H,7,9-11,13-15H2,1H3,(H,28,32)/t16?,22-/m0/s1. The molecule has 192 valence electrons. The van der Waals surface area contributed by atoms with E-state index in [4.69, 9.17) is 18.9 Å². The Balaban J connectivity index is 1.06. The number of rotatable bonds is 6. The first-order chi connectivity index (χ1) is 18.1. The lowest BCUT2D eigenvalue weighted by Gasteiger charge is -2.21. The van der Waals surface area contributed by atoms with Crippen LogP contribution in [0.5, 0.6) is 17.4 Å². The molecule has 2 saturated heterocycles. The number of pyridine rings is 2. The molecule has 2 atom stereocenters. The first-order valence-electron chi connectivity index (χ1n) is 12.3. The van der Waals surface area contributed by atoms with Gasteiger partial charge >= 0.3 is 6.09 Å².